The summed E-state index contributed by atoms with van der Waals surface area (Å²) in [6.45, 7) is 0. The van der Waals surface area contributed by atoms with Crippen LogP contribution in [0.4, 0.5) is 14.5 Å². The standard InChI is InChI=1S/C13H10ClF2NOS/c14-12-2-1-11(17)6-13(12)19(18)7-8-3-9(15)5-10(16)4-8/h1-6H,7,17H2. The molecule has 1 atom stereocenters. The minimum absolute atomic E-state index is 0.0299. The topological polar surface area (TPSA) is 43.1 Å². The highest BCUT2D eigenvalue weighted by Crippen LogP contribution is 2.24. The van der Waals surface area contributed by atoms with E-state index in [4.69, 9.17) is 17.3 Å². The van der Waals surface area contributed by atoms with E-state index >= 15 is 0 Å². The Morgan fingerprint density at radius 1 is 1.11 bits per heavy atom. The fraction of sp³-hybridized carbons (Fsp3) is 0.0769. The second-order valence-corrected chi connectivity index (χ2v) is 5.78. The molecule has 0 amide bonds. The van der Waals surface area contributed by atoms with E-state index in [0.717, 1.165) is 18.2 Å². The molecule has 2 nitrogen and oxygen atoms in total. The molecule has 0 aliphatic heterocycles. The summed E-state index contributed by atoms with van der Waals surface area (Å²) in [6, 6.07) is 7.66. The third-order valence-corrected chi connectivity index (χ3v) is 4.29. The van der Waals surface area contributed by atoms with Crippen LogP contribution in [0.25, 0.3) is 0 Å². The normalized spacial score (nSPS) is 12.4. The van der Waals surface area contributed by atoms with Crippen molar-refractivity contribution < 1.29 is 13.0 Å². The summed E-state index contributed by atoms with van der Waals surface area (Å²) in [5, 5.41) is 0.310. The van der Waals surface area contributed by atoms with Crippen LogP contribution in [0.3, 0.4) is 0 Å². The maximum absolute atomic E-state index is 13.0. The summed E-state index contributed by atoms with van der Waals surface area (Å²) in [7, 11) is -1.52. The predicted molar refractivity (Wildman–Crippen MR) is 72.3 cm³/mol. The molecule has 100 valence electrons. The molecule has 2 N–H and O–H groups in total. The molecule has 2 aromatic carbocycles. The third-order valence-electron chi connectivity index (χ3n) is 2.42. The van der Waals surface area contributed by atoms with E-state index in [1.54, 1.807) is 6.07 Å². The van der Waals surface area contributed by atoms with Gasteiger partial charge in [-0.1, -0.05) is 11.6 Å². The van der Waals surface area contributed by atoms with E-state index < -0.39 is 22.4 Å². The zero-order valence-electron chi connectivity index (χ0n) is 9.70. The predicted octanol–water partition coefficient (Wildman–Crippen LogP) is 3.51. The van der Waals surface area contributed by atoms with Crippen LogP contribution >= 0.6 is 11.6 Å². The largest absolute Gasteiger partial charge is 0.399 e. The van der Waals surface area contributed by atoms with E-state index in [0.29, 0.717) is 21.2 Å². The number of benzene rings is 2. The van der Waals surface area contributed by atoms with Crippen LogP contribution in [0, 0.1) is 11.6 Å². The molecule has 0 aliphatic rings. The first-order valence-electron chi connectivity index (χ1n) is 5.34. The Hall–Kier alpha value is -1.46. The van der Waals surface area contributed by atoms with Gasteiger partial charge in [-0.15, -0.1) is 0 Å². The van der Waals surface area contributed by atoms with Gasteiger partial charge in [0.05, 0.1) is 26.5 Å². The van der Waals surface area contributed by atoms with Gasteiger partial charge in [-0.2, -0.15) is 0 Å². The van der Waals surface area contributed by atoms with E-state index in [1.807, 2.05) is 0 Å². The van der Waals surface area contributed by atoms with Crippen molar-refractivity contribution in [3.8, 4) is 0 Å². The Balaban J connectivity index is 2.28. The van der Waals surface area contributed by atoms with Crippen molar-refractivity contribution in [2.24, 2.45) is 0 Å². The van der Waals surface area contributed by atoms with Gasteiger partial charge in [-0.05, 0) is 35.9 Å². The van der Waals surface area contributed by atoms with Gasteiger partial charge >= 0.3 is 0 Å². The van der Waals surface area contributed by atoms with E-state index in [9.17, 15) is 13.0 Å². The Kier molecular flexibility index (Phi) is 4.17. The van der Waals surface area contributed by atoms with Crippen molar-refractivity contribution in [3.63, 3.8) is 0 Å². The van der Waals surface area contributed by atoms with Crippen LogP contribution in [0.15, 0.2) is 41.3 Å². The molecule has 2 aromatic rings. The SMILES string of the molecule is Nc1ccc(Cl)c(S(=O)Cc2cc(F)cc(F)c2)c1. The number of rotatable bonds is 3. The number of hydrogen-bond donors (Lipinski definition) is 1. The second-order valence-electron chi connectivity index (χ2n) is 3.96. The molecular formula is C13H10ClF2NOS. The fourth-order valence-corrected chi connectivity index (χ4v) is 3.17. The monoisotopic (exact) mass is 301 g/mol. The first kappa shape index (κ1) is 14.0. The first-order chi connectivity index (χ1) is 8.95. The molecule has 0 heterocycles. The Morgan fingerprint density at radius 3 is 2.37 bits per heavy atom. The van der Waals surface area contributed by atoms with Gasteiger partial charge in [0.2, 0.25) is 0 Å². The summed E-state index contributed by atoms with van der Waals surface area (Å²) in [6.07, 6.45) is 0. The molecule has 0 saturated carbocycles. The van der Waals surface area contributed by atoms with Crippen LogP contribution < -0.4 is 5.73 Å². The van der Waals surface area contributed by atoms with Crippen molar-refractivity contribution >= 4 is 28.1 Å². The molecule has 0 aromatic heterocycles. The molecule has 0 fully saturated rings. The molecule has 19 heavy (non-hydrogen) atoms. The number of anilines is 1. The van der Waals surface area contributed by atoms with E-state index in [1.165, 1.54) is 12.1 Å². The molecular weight excluding hydrogens is 292 g/mol. The number of nitrogens with two attached hydrogens (primary N) is 1. The quantitative estimate of drug-likeness (QED) is 0.882. The smallest absolute Gasteiger partial charge is 0.126 e. The summed E-state index contributed by atoms with van der Waals surface area (Å²) in [4.78, 5) is 0.353. The summed E-state index contributed by atoms with van der Waals surface area (Å²) >= 11 is 5.92. The summed E-state index contributed by atoms with van der Waals surface area (Å²) < 4.78 is 38.2. The number of nitrogen functional groups attached to an aromatic ring is 1. The van der Waals surface area contributed by atoms with Crippen LogP contribution in [0.2, 0.25) is 5.02 Å². The Morgan fingerprint density at radius 2 is 1.74 bits per heavy atom. The molecule has 0 aliphatic carbocycles. The van der Waals surface area contributed by atoms with Gasteiger partial charge in [-0.25, -0.2) is 8.78 Å². The van der Waals surface area contributed by atoms with Crippen LogP contribution in [0.5, 0.6) is 0 Å². The highest BCUT2D eigenvalue weighted by molar-refractivity contribution is 7.84. The van der Waals surface area contributed by atoms with E-state index in [-0.39, 0.29) is 5.75 Å². The zero-order valence-corrected chi connectivity index (χ0v) is 11.3. The van der Waals surface area contributed by atoms with Crippen LogP contribution in [0.1, 0.15) is 5.56 Å². The van der Waals surface area contributed by atoms with Crippen molar-refractivity contribution in [2.75, 3.05) is 5.73 Å². The lowest BCUT2D eigenvalue weighted by Gasteiger charge is -2.06. The lowest BCUT2D eigenvalue weighted by Crippen LogP contribution is -2.00. The molecule has 2 rings (SSSR count). The molecule has 6 heteroatoms. The highest BCUT2D eigenvalue weighted by atomic mass is 35.5. The van der Waals surface area contributed by atoms with Gasteiger partial charge in [0.25, 0.3) is 0 Å². The van der Waals surface area contributed by atoms with Crippen molar-refractivity contribution in [2.45, 2.75) is 10.6 Å². The summed E-state index contributed by atoms with van der Waals surface area (Å²) in [5.41, 5.74) is 6.32. The fourth-order valence-electron chi connectivity index (χ4n) is 1.62. The Bertz CT molecular complexity index is 628. The summed E-state index contributed by atoms with van der Waals surface area (Å²) in [5.74, 6) is -1.44. The molecule has 0 spiro atoms. The maximum atomic E-state index is 13.0. The molecule has 1 unspecified atom stereocenters. The van der Waals surface area contributed by atoms with Gasteiger partial charge in [0.15, 0.2) is 0 Å². The molecule has 0 saturated heterocycles. The number of hydrogen-bond acceptors (Lipinski definition) is 2. The average molecular weight is 302 g/mol. The minimum Gasteiger partial charge on any atom is -0.399 e. The molecule has 0 bridgehead atoms. The van der Waals surface area contributed by atoms with Gasteiger partial charge in [-0.3, -0.25) is 4.21 Å². The molecule has 0 radical (unpaired) electrons. The van der Waals surface area contributed by atoms with Crippen LogP contribution in [-0.2, 0) is 16.6 Å². The third kappa shape index (κ3) is 3.52. The maximum Gasteiger partial charge on any atom is 0.126 e. The van der Waals surface area contributed by atoms with Gasteiger partial charge in [0.1, 0.15) is 11.6 Å². The minimum atomic E-state index is -1.52. The van der Waals surface area contributed by atoms with Gasteiger partial charge < -0.3 is 5.73 Å². The highest BCUT2D eigenvalue weighted by Gasteiger charge is 2.11. The Labute approximate surface area is 116 Å². The lowest BCUT2D eigenvalue weighted by molar-refractivity contribution is 0.581. The van der Waals surface area contributed by atoms with Crippen molar-refractivity contribution in [1.29, 1.82) is 0 Å². The zero-order chi connectivity index (χ0) is 14.0. The van der Waals surface area contributed by atoms with E-state index in [2.05, 4.69) is 0 Å². The van der Waals surface area contributed by atoms with Gasteiger partial charge in [0, 0.05) is 11.8 Å². The second kappa shape index (κ2) is 5.67. The average Bonchev–Trinajstić information content (AvgIpc) is 2.30. The number of halogens is 3. The van der Waals surface area contributed by atoms with Crippen molar-refractivity contribution in [3.05, 3.63) is 58.6 Å². The first-order valence-corrected chi connectivity index (χ1v) is 7.04. The lowest BCUT2D eigenvalue weighted by atomic mass is 10.2. The van der Waals surface area contributed by atoms with Crippen LogP contribution in [-0.4, -0.2) is 4.21 Å². The van der Waals surface area contributed by atoms with Crippen molar-refractivity contribution in [1.82, 2.24) is 0 Å².